The smallest absolute Gasteiger partial charge is 0.359 e. The summed E-state index contributed by atoms with van der Waals surface area (Å²) in [5.41, 5.74) is 1.03. The third kappa shape index (κ3) is 6.37. The fraction of sp³-hybridized carbons (Fsp3) is 0.278. The van der Waals surface area contributed by atoms with E-state index in [1.54, 1.807) is 13.2 Å². The highest BCUT2D eigenvalue weighted by Gasteiger charge is 2.24. The molecule has 0 fully saturated rings. The molecule has 0 aliphatic heterocycles. The highest BCUT2D eigenvalue weighted by molar-refractivity contribution is 7.60. The van der Waals surface area contributed by atoms with Crippen molar-refractivity contribution in [2.45, 2.75) is 6.54 Å². The molecule has 0 aliphatic carbocycles. The van der Waals surface area contributed by atoms with Gasteiger partial charge in [-0.1, -0.05) is 42.5 Å². The average molecular weight is 379 g/mol. The van der Waals surface area contributed by atoms with Crippen molar-refractivity contribution in [1.82, 2.24) is 4.90 Å². The van der Waals surface area contributed by atoms with Crippen molar-refractivity contribution in [3.8, 4) is 5.75 Å². The monoisotopic (exact) mass is 379 g/mol. The minimum absolute atomic E-state index is 0.0340. The molecule has 2 N–H and O–H groups in total. The van der Waals surface area contributed by atoms with Gasteiger partial charge in [0.2, 0.25) is 0 Å². The average Bonchev–Trinajstić information content (AvgIpc) is 2.60. The summed E-state index contributed by atoms with van der Waals surface area (Å²) in [7, 11) is -2.95. The Morgan fingerprint density at radius 3 is 2.38 bits per heavy atom. The number of carbonyl (C=O) groups is 1. The molecule has 0 bridgehead atoms. The van der Waals surface area contributed by atoms with E-state index in [2.05, 4.69) is 0 Å². The molecule has 0 saturated heterocycles. The quantitative estimate of drug-likeness (QED) is 0.388. The van der Waals surface area contributed by atoms with E-state index >= 15 is 0 Å². The molecule has 0 aromatic heterocycles. The summed E-state index contributed by atoms with van der Waals surface area (Å²) in [6.45, 7) is 1.45. The van der Waals surface area contributed by atoms with Crippen LogP contribution in [-0.4, -0.2) is 47.5 Å². The third-order valence-electron chi connectivity index (χ3n) is 3.62. The lowest BCUT2D eigenvalue weighted by Gasteiger charge is -2.21. The van der Waals surface area contributed by atoms with E-state index in [-0.39, 0.29) is 17.6 Å². The summed E-state index contributed by atoms with van der Waals surface area (Å²) in [4.78, 5) is 32.9. The second kappa shape index (κ2) is 9.62. The maximum absolute atomic E-state index is 12.3. The molecule has 0 atom stereocenters. The van der Waals surface area contributed by atoms with Gasteiger partial charge in [0.05, 0.1) is 13.2 Å². The Hall–Kier alpha value is -2.02. The maximum atomic E-state index is 12.3. The van der Waals surface area contributed by atoms with Crippen LogP contribution in [0.1, 0.15) is 5.56 Å². The lowest BCUT2D eigenvalue weighted by Crippen LogP contribution is -2.34. The number of ether oxygens (including phenoxy) is 2. The number of hydrogen-bond donors (Lipinski definition) is 2. The van der Waals surface area contributed by atoms with Crippen LogP contribution < -0.4 is 10.0 Å². The van der Waals surface area contributed by atoms with Crippen molar-refractivity contribution in [3.63, 3.8) is 0 Å². The van der Waals surface area contributed by atoms with Crippen LogP contribution in [0.4, 0.5) is 0 Å². The first-order valence-electron chi connectivity index (χ1n) is 8.01. The van der Waals surface area contributed by atoms with Crippen molar-refractivity contribution < 1.29 is 28.6 Å². The van der Waals surface area contributed by atoms with Gasteiger partial charge in [-0.2, -0.15) is 0 Å². The fourth-order valence-corrected chi connectivity index (χ4v) is 3.09. The van der Waals surface area contributed by atoms with E-state index in [0.717, 1.165) is 5.56 Å². The molecule has 0 amide bonds. The Morgan fingerprint density at radius 2 is 1.73 bits per heavy atom. The molecule has 0 unspecified atom stereocenters. The topological polar surface area (TPSA) is 96.3 Å². The van der Waals surface area contributed by atoms with Crippen LogP contribution in [0, 0.1) is 0 Å². The van der Waals surface area contributed by atoms with Gasteiger partial charge in [0, 0.05) is 20.2 Å². The summed E-state index contributed by atoms with van der Waals surface area (Å²) < 4.78 is 21.8. The minimum atomic E-state index is -4.53. The molecule has 140 valence electrons. The van der Waals surface area contributed by atoms with Crippen LogP contribution >= 0.6 is 7.60 Å². The van der Waals surface area contributed by atoms with Crippen molar-refractivity contribution in [2.24, 2.45) is 0 Å². The summed E-state index contributed by atoms with van der Waals surface area (Å²) in [6.07, 6.45) is 0. The number of hydrogen-bond acceptors (Lipinski definition) is 5. The second-order valence-electron chi connectivity index (χ2n) is 5.67. The van der Waals surface area contributed by atoms with Gasteiger partial charge in [-0.05, 0) is 17.7 Å². The first kappa shape index (κ1) is 20.3. The molecule has 2 rings (SSSR count). The fourth-order valence-electron chi connectivity index (χ4n) is 2.40. The summed E-state index contributed by atoms with van der Waals surface area (Å²) in [6, 6.07) is 15.3. The summed E-state index contributed by atoms with van der Waals surface area (Å²) in [5.74, 6) is -0.727. The zero-order valence-corrected chi connectivity index (χ0v) is 15.3. The molecule has 2 aromatic carbocycles. The largest absolute Gasteiger partial charge is 0.425 e. The Bertz CT molecular complexity index is 761. The van der Waals surface area contributed by atoms with Gasteiger partial charge in [-0.3, -0.25) is 14.3 Å². The summed E-state index contributed by atoms with van der Waals surface area (Å²) >= 11 is 0. The first-order valence-corrected chi connectivity index (χ1v) is 9.62. The van der Waals surface area contributed by atoms with Crippen LogP contribution in [0.3, 0.4) is 0 Å². The molecular formula is C18H22NO6P. The normalized spacial score (nSPS) is 11.5. The van der Waals surface area contributed by atoms with Crippen LogP contribution in [0.5, 0.6) is 5.75 Å². The molecule has 0 spiro atoms. The van der Waals surface area contributed by atoms with E-state index in [0.29, 0.717) is 19.7 Å². The van der Waals surface area contributed by atoms with E-state index in [1.165, 1.54) is 18.2 Å². The Kier molecular flexibility index (Phi) is 7.50. The lowest BCUT2D eigenvalue weighted by molar-refractivity contribution is -0.135. The van der Waals surface area contributed by atoms with Gasteiger partial charge in [-0.25, -0.2) is 0 Å². The van der Waals surface area contributed by atoms with Gasteiger partial charge < -0.3 is 19.3 Å². The van der Waals surface area contributed by atoms with Crippen molar-refractivity contribution >= 4 is 18.9 Å². The van der Waals surface area contributed by atoms with Crippen LogP contribution in [-0.2, 0) is 20.6 Å². The number of para-hydroxylation sites is 1. The van der Waals surface area contributed by atoms with Crippen molar-refractivity contribution in [1.29, 1.82) is 0 Å². The van der Waals surface area contributed by atoms with Crippen molar-refractivity contribution in [3.05, 3.63) is 60.2 Å². The Morgan fingerprint density at radius 1 is 1.08 bits per heavy atom. The van der Waals surface area contributed by atoms with Crippen LogP contribution in [0.25, 0.3) is 0 Å². The number of methoxy groups -OCH3 is 1. The van der Waals surface area contributed by atoms with Crippen LogP contribution in [0.15, 0.2) is 54.6 Å². The van der Waals surface area contributed by atoms with Gasteiger partial charge >= 0.3 is 13.6 Å². The second-order valence-corrected chi connectivity index (χ2v) is 7.24. The van der Waals surface area contributed by atoms with Gasteiger partial charge in [0.15, 0.2) is 0 Å². The molecular weight excluding hydrogens is 357 g/mol. The van der Waals surface area contributed by atoms with Gasteiger partial charge in [-0.15, -0.1) is 0 Å². The SMILES string of the molecule is COCCN(CC(=O)Oc1ccccc1P(=O)(O)O)Cc1ccccc1. The van der Waals surface area contributed by atoms with Crippen LogP contribution in [0.2, 0.25) is 0 Å². The number of nitrogens with zero attached hydrogens (tertiary/aromatic N) is 1. The zero-order valence-electron chi connectivity index (χ0n) is 14.4. The first-order chi connectivity index (χ1) is 12.4. The van der Waals surface area contributed by atoms with Crippen molar-refractivity contribution in [2.75, 3.05) is 26.8 Å². The van der Waals surface area contributed by atoms with E-state index in [1.807, 2.05) is 35.2 Å². The Balaban J connectivity index is 2.06. The number of rotatable bonds is 9. The standard InChI is InChI=1S/C18H22NO6P/c1-24-12-11-19(13-15-7-3-2-4-8-15)14-18(20)25-16-9-5-6-10-17(16)26(21,22)23/h2-10H,11-14H2,1H3,(H2,21,22,23). The number of benzene rings is 2. The zero-order chi connectivity index (χ0) is 19.0. The minimum Gasteiger partial charge on any atom is -0.425 e. The predicted molar refractivity (Wildman–Crippen MR) is 97.4 cm³/mol. The predicted octanol–water partition coefficient (Wildman–Crippen LogP) is 1.54. The highest BCUT2D eigenvalue weighted by Crippen LogP contribution is 2.37. The molecule has 7 nitrogen and oxygen atoms in total. The van der Waals surface area contributed by atoms with E-state index < -0.39 is 13.6 Å². The molecule has 2 aromatic rings. The van der Waals surface area contributed by atoms with E-state index in [9.17, 15) is 19.1 Å². The number of carbonyl (C=O) groups excluding carboxylic acids is 1. The van der Waals surface area contributed by atoms with Gasteiger partial charge in [0.1, 0.15) is 11.1 Å². The molecule has 26 heavy (non-hydrogen) atoms. The molecule has 0 aliphatic rings. The molecule has 0 heterocycles. The third-order valence-corrected chi connectivity index (χ3v) is 4.61. The van der Waals surface area contributed by atoms with Gasteiger partial charge in [0.25, 0.3) is 0 Å². The number of esters is 1. The van der Waals surface area contributed by atoms with E-state index in [4.69, 9.17) is 9.47 Å². The molecule has 0 saturated carbocycles. The lowest BCUT2D eigenvalue weighted by atomic mass is 10.2. The highest BCUT2D eigenvalue weighted by atomic mass is 31.2. The molecule has 8 heteroatoms. The molecule has 0 radical (unpaired) electrons. The summed E-state index contributed by atoms with van der Waals surface area (Å²) in [5, 5.41) is -0.306. The maximum Gasteiger partial charge on any atom is 0.359 e. The Labute approximate surface area is 152 Å².